The molecule has 0 aliphatic rings. The molecule has 0 unspecified atom stereocenters. The molecule has 0 saturated carbocycles. The molecule has 0 atom stereocenters. The second kappa shape index (κ2) is 7.06. The highest BCUT2D eigenvalue weighted by Crippen LogP contribution is 2.18. The molecule has 0 aliphatic carbocycles. The van der Waals surface area contributed by atoms with Crippen molar-refractivity contribution < 1.29 is 0 Å². The second-order valence-electron chi connectivity index (χ2n) is 5.63. The number of hydrogen-bond donors (Lipinski definition) is 1. The van der Waals surface area contributed by atoms with E-state index >= 15 is 0 Å². The third-order valence-corrected chi connectivity index (χ3v) is 3.76. The van der Waals surface area contributed by atoms with Gasteiger partial charge >= 0.3 is 0 Å². The first-order valence-corrected chi connectivity index (χ1v) is 8.08. The molecule has 0 bridgehead atoms. The molecule has 0 fully saturated rings. The van der Waals surface area contributed by atoms with Crippen molar-refractivity contribution in [3.63, 3.8) is 0 Å². The number of pyridine rings is 2. The molecular formula is C18H16N8. The van der Waals surface area contributed by atoms with Crippen LogP contribution in [0.3, 0.4) is 0 Å². The summed E-state index contributed by atoms with van der Waals surface area (Å²) in [6.07, 6.45) is 8.31. The Morgan fingerprint density at radius 3 is 2.73 bits per heavy atom. The Kier molecular flexibility index (Phi) is 4.29. The van der Waals surface area contributed by atoms with Crippen LogP contribution in [0, 0.1) is 6.92 Å². The normalized spacial score (nSPS) is 10.7. The molecule has 0 aliphatic heterocycles. The molecule has 4 heterocycles. The first kappa shape index (κ1) is 15.8. The van der Waals surface area contributed by atoms with E-state index in [0.717, 1.165) is 28.5 Å². The zero-order chi connectivity index (χ0) is 17.8. The molecule has 4 rings (SSSR count). The second-order valence-corrected chi connectivity index (χ2v) is 5.63. The van der Waals surface area contributed by atoms with Gasteiger partial charge in [-0.15, -0.1) is 0 Å². The minimum absolute atomic E-state index is 0.551. The topological polar surface area (TPSA) is 94.3 Å². The molecule has 4 aromatic rings. The Bertz CT molecular complexity index is 999. The Hall–Kier alpha value is -3.68. The summed E-state index contributed by atoms with van der Waals surface area (Å²) in [5.74, 6) is 2.15. The third-order valence-electron chi connectivity index (χ3n) is 3.76. The highest BCUT2D eigenvalue weighted by molar-refractivity contribution is 5.56. The minimum atomic E-state index is 0.551. The maximum Gasteiger partial charge on any atom is 0.161 e. The van der Waals surface area contributed by atoms with Gasteiger partial charge in [0.05, 0.1) is 0 Å². The quantitative estimate of drug-likeness (QED) is 0.594. The van der Waals surface area contributed by atoms with Crippen molar-refractivity contribution in [3.8, 4) is 17.2 Å². The van der Waals surface area contributed by atoms with Gasteiger partial charge in [-0.1, -0.05) is 6.07 Å². The summed E-state index contributed by atoms with van der Waals surface area (Å²) in [6, 6.07) is 9.58. The SMILES string of the molecule is Cc1cc(NCc2cccnc2-n2cncn2)nc(-c2ccncc2)n1. The number of aryl methyl sites for hydroxylation is 1. The third kappa shape index (κ3) is 3.39. The summed E-state index contributed by atoms with van der Waals surface area (Å²) in [5.41, 5.74) is 2.80. The molecular weight excluding hydrogens is 328 g/mol. The van der Waals surface area contributed by atoms with Gasteiger partial charge in [0.2, 0.25) is 0 Å². The molecule has 0 spiro atoms. The van der Waals surface area contributed by atoms with E-state index in [-0.39, 0.29) is 0 Å². The monoisotopic (exact) mass is 344 g/mol. The number of rotatable bonds is 5. The van der Waals surface area contributed by atoms with E-state index in [0.29, 0.717) is 12.4 Å². The van der Waals surface area contributed by atoms with Crippen LogP contribution < -0.4 is 5.32 Å². The number of aromatic nitrogens is 7. The van der Waals surface area contributed by atoms with E-state index in [2.05, 4.69) is 35.3 Å². The highest BCUT2D eigenvalue weighted by atomic mass is 15.3. The first-order chi connectivity index (χ1) is 12.8. The van der Waals surface area contributed by atoms with Gasteiger partial charge in [0.1, 0.15) is 18.5 Å². The van der Waals surface area contributed by atoms with Gasteiger partial charge in [-0.05, 0) is 25.1 Å². The lowest BCUT2D eigenvalue weighted by Crippen LogP contribution is -2.09. The van der Waals surface area contributed by atoms with Crippen molar-refractivity contribution in [1.82, 2.24) is 34.7 Å². The van der Waals surface area contributed by atoms with Crippen molar-refractivity contribution in [1.29, 1.82) is 0 Å². The van der Waals surface area contributed by atoms with Crippen LogP contribution in [0.25, 0.3) is 17.2 Å². The van der Waals surface area contributed by atoms with Gasteiger partial charge < -0.3 is 5.32 Å². The lowest BCUT2D eigenvalue weighted by molar-refractivity contribution is 0.827. The maximum atomic E-state index is 4.61. The Morgan fingerprint density at radius 1 is 1.04 bits per heavy atom. The molecule has 1 N–H and O–H groups in total. The van der Waals surface area contributed by atoms with Crippen LogP contribution >= 0.6 is 0 Å². The van der Waals surface area contributed by atoms with Crippen LogP contribution in [0.2, 0.25) is 0 Å². The Labute approximate surface area is 150 Å². The fraction of sp³-hybridized carbons (Fsp3) is 0.111. The largest absolute Gasteiger partial charge is 0.366 e. The first-order valence-electron chi connectivity index (χ1n) is 8.08. The lowest BCUT2D eigenvalue weighted by Gasteiger charge is -2.11. The van der Waals surface area contributed by atoms with E-state index in [9.17, 15) is 0 Å². The van der Waals surface area contributed by atoms with Crippen LogP contribution in [-0.2, 0) is 6.54 Å². The molecule has 0 saturated heterocycles. The van der Waals surface area contributed by atoms with E-state index in [1.165, 1.54) is 6.33 Å². The zero-order valence-electron chi connectivity index (χ0n) is 14.1. The fourth-order valence-electron chi connectivity index (χ4n) is 2.57. The van der Waals surface area contributed by atoms with Gasteiger partial charge in [-0.3, -0.25) is 4.98 Å². The van der Waals surface area contributed by atoms with Crippen LogP contribution in [-0.4, -0.2) is 34.7 Å². The van der Waals surface area contributed by atoms with Gasteiger partial charge in [0, 0.05) is 48.0 Å². The van der Waals surface area contributed by atoms with Crippen LogP contribution in [0.4, 0.5) is 5.82 Å². The lowest BCUT2D eigenvalue weighted by atomic mass is 10.2. The standard InChI is InChI=1S/C18H16N8/c1-13-9-16(25-17(24-13)14-4-7-19-8-5-14)22-10-15-3-2-6-21-18(15)26-12-20-11-23-26/h2-9,11-12H,10H2,1H3,(H,22,24,25). The van der Waals surface area contributed by atoms with E-state index in [1.54, 1.807) is 29.6 Å². The summed E-state index contributed by atoms with van der Waals surface area (Å²) in [4.78, 5) is 21.5. The van der Waals surface area contributed by atoms with E-state index < -0.39 is 0 Å². The van der Waals surface area contributed by atoms with Crippen LogP contribution in [0.5, 0.6) is 0 Å². The van der Waals surface area contributed by atoms with Gasteiger partial charge in [-0.25, -0.2) is 24.6 Å². The minimum Gasteiger partial charge on any atom is -0.366 e. The Balaban J connectivity index is 1.59. The number of hydrogen-bond acceptors (Lipinski definition) is 7. The van der Waals surface area contributed by atoms with Crippen molar-refractivity contribution in [3.05, 3.63) is 72.8 Å². The predicted molar refractivity (Wildman–Crippen MR) is 96.5 cm³/mol. The van der Waals surface area contributed by atoms with Gasteiger partial charge in [-0.2, -0.15) is 5.10 Å². The Morgan fingerprint density at radius 2 is 1.92 bits per heavy atom. The average molecular weight is 344 g/mol. The number of anilines is 1. The molecule has 26 heavy (non-hydrogen) atoms. The number of nitrogens with one attached hydrogen (secondary N) is 1. The summed E-state index contributed by atoms with van der Waals surface area (Å²) in [6.45, 7) is 2.50. The van der Waals surface area contributed by atoms with E-state index in [1.807, 2.05) is 37.3 Å². The number of nitrogens with zero attached hydrogens (tertiary/aromatic N) is 7. The zero-order valence-corrected chi connectivity index (χ0v) is 14.1. The molecule has 8 heteroatoms. The average Bonchev–Trinajstić information content (AvgIpc) is 3.21. The highest BCUT2D eigenvalue weighted by Gasteiger charge is 2.08. The van der Waals surface area contributed by atoms with Crippen molar-refractivity contribution in [2.45, 2.75) is 13.5 Å². The fourth-order valence-corrected chi connectivity index (χ4v) is 2.57. The van der Waals surface area contributed by atoms with Crippen molar-refractivity contribution in [2.75, 3.05) is 5.32 Å². The van der Waals surface area contributed by atoms with Crippen molar-refractivity contribution >= 4 is 5.82 Å². The van der Waals surface area contributed by atoms with Gasteiger partial charge in [0.25, 0.3) is 0 Å². The summed E-state index contributed by atoms with van der Waals surface area (Å²) in [7, 11) is 0. The summed E-state index contributed by atoms with van der Waals surface area (Å²) >= 11 is 0. The maximum absolute atomic E-state index is 4.61. The van der Waals surface area contributed by atoms with Crippen LogP contribution in [0.15, 0.2) is 61.6 Å². The molecule has 0 aromatic carbocycles. The van der Waals surface area contributed by atoms with Gasteiger partial charge in [0.15, 0.2) is 11.6 Å². The van der Waals surface area contributed by atoms with Crippen molar-refractivity contribution in [2.24, 2.45) is 0 Å². The smallest absolute Gasteiger partial charge is 0.161 e. The summed E-state index contributed by atoms with van der Waals surface area (Å²) < 4.78 is 1.64. The van der Waals surface area contributed by atoms with Crippen LogP contribution in [0.1, 0.15) is 11.3 Å². The molecule has 128 valence electrons. The summed E-state index contributed by atoms with van der Waals surface area (Å²) in [5, 5.41) is 7.50. The molecule has 4 aromatic heterocycles. The molecule has 0 radical (unpaired) electrons. The predicted octanol–water partition coefficient (Wildman–Crippen LogP) is 2.43. The van der Waals surface area contributed by atoms with E-state index in [4.69, 9.17) is 0 Å². The molecule has 0 amide bonds. The molecule has 8 nitrogen and oxygen atoms in total.